The van der Waals surface area contributed by atoms with Crippen LogP contribution in [0.15, 0.2) is 17.0 Å². The topological polar surface area (TPSA) is 12.4 Å². The third kappa shape index (κ3) is 18.8. The van der Waals surface area contributed by atoms with Gasteiger partial charge in [0.05, 0.1) is 6.20 Å². The van der Waals surface area contributed by atoms with Gasteiger partial charge in [-0.3, -0.25) is 4.99 Å². The summed E-state index contributed by atoms with van der Waals surface area (Å²) in [7, 11) is 0. The van der Waals surface area contributed by atoms with Gasteiger partial charge in [-0.15, -0.1) is 0 Å². The molecule has 0 atom stereocenters. The Morgan fingerprint density at radius 1 is 1.44 bits per heavy atom. The third-order valence-electron chi connectivity index (χ3n) is 0.402. The van der Waals surface area contributed by atoms with E-state index in [9.17, 15) is 4.39 Å². The van der Waals surface area contributed by atoms with Gasteiger partial charge in [0, 0.05) is 6.21 Å². The average molecular weight is 131 g/mol. The number of rotatable bonds is 1. The molecule has 0 aliphatic carbocycles. The minimum atomic E-state index is -0.266. The molecule has 0 spiro atoms. The molecule has 0 aromatic carbocycles. The first kappa shape index (κ1) is 11.2. The van der Waals surface area contributed by atoms with E-state index in [1.807, 2.05) is 13.8 Å². The molecule has 0 heterocycles. The molecule has 0 aromatic heterocycles. The van der Waals surface area contributed by atoms with Crippen molar-refractivity contribution in [2.75, 3.05) is 0 Å². The average Bonchev–Trinajstić information content (AvgIpc) is 1.88. The van der Waals surface area contributed by atoms with Crippen molar-refractivity contribution in [1.82, 2.24) is 0 Å². The van der Waals surface area contributed by atoms with Gasteiger partial charge in [-0.25, -0.2) is 4.39 Å². The number of halogens is 1. The summed E-state index contributed by atoms with van der Waals surface area (Å²) in [4.78, 5) is 3.51. The van der Waals surface area contributed by atoms with Crippen LogP contribution in [-0.2, 0) is 0 Å². The van der Waals surface area contributed by atoms with Crippen LogP contribution < -0.4 is 0 Å². The predicted octanol–water partition coefficient (Wildman–Crippen LogP) is 2.93. The smallest absolute Gasteiger partial charge is 0.115 e. The minimum absolute atomic E-state index is 0.266. The molecule has 54 valence electrons. The summed E-state index contributed by atoms with van der Waals surface area (Å²) < 4.78 is 11.6. The molecule has 0 saturated heterocycles. The standard InChI is InChI=1S/C5H8FN.C2H6/c1-3-7-4-5(2)6;1-2/h3-4H,1-2H3;1-2H3/b5-4+,7-3?;. The highest BCUT2D eigenvalue weighted by Gasteiger charge is 1.72. The number of nitrogens with zero attached hydrogens (tertiary/aromatic N) is 1. The third-order valence-corrected chi connectivity index (χ3v) is 0.402. The molecule has 0 aliphatic rings. The molecular weight excluding hydrogens is 117 g/mol. The second-order valence-corrected chi connectivity index (χ2v) is 1.12. The number of hydrogen-bond donors (Lipinski definition) is 0. The maximum atomic E-state index is 11.6. The van der Waals surface area contributed by atoms with Gasteiger partial charge < -0.3 is 0 Å². The molecule has 0 aromatic rings. The molecule has 2 heteroatoms. The van der Waals surface area contributed by atoms with Gasteiger partial charge in [-0.05, 0) is 13.8 Å². The normalized spacial score (nSPS) is 11.0. The molecule has 0 amide bonds. The van der Waals surface area contributed by atoms with E-state index in [1.54, 1.807) is 6.92 Å². The van der Waals surface area contributed by atoms with Crippen LogP contribution in [0.5, 0.6) is 0 Å². The summed E-state index contributed by atoms with van der Waals surface area (Å²) in [5.41, 5.74) is 0. The van der Waals surface area contributed by atoms with Crippen LogP contribution in [0.2, 0.25) is 0 Å². The van der Waals surface area contributed by atoms with Crippen molar-refractivity contribution in [2.45, 2.75) is 27.7 Å². The molecule has 0 fully saturated rings. The largest absolute Gasteiger partial charge is 0.267 e. The monoisotopic (exact) mass is 131 g/mol. The van der Waals surface area contributed by atoms with Crippen LogP contribution >= 0.6 is 0 Å². The number of aliphatic imine (C=N–C) groups is 1. The summed E-state index contributed by atoms with van der Waals surface area (Å²) >= 11 is 0. The molecule has 0 bridgehead atoms. The van der Waals surface area contributed by atoms with Crippen molar-refractivity contribution in [2.24, 2.45) is 4.99 Å². The quantitative estimate of drug-likeness (QED) is 0.485. The summed E-state index contributed by atoms with van der Waals surface area (Å²) in [6.45, 7) is 7.09. The van der Waals surface area contributed by atoms with Gasteiger partial charge in [0.15, 0.2) is 0 Å². The number of allylic oxidation sites excluding steroid dienone is 1. The van der Waals surface area contributed by atoms with E-state index in [4.69, 9.17) is 0 Å². The van der Waals surface area contributed by atoms with Gasteiger partial charge in [-0.1, -0.05) is 13.8 Å². The second kappa shape index (κ2) is 10.3. The minimum Gasteiger partial charge on any atom is -0.267 e. The molecule has 0 aliphatic heterocycles. The van der Waals surface area contributed by atoms with E-state index in [2.05, 4.69) is 4.99 Å². The Labute approximate surface area is 56.3 Å². The zero-order valence-electron chi connectivity index (χ0n) is 6.48. The highest BCUT2D eigenvalue weighted by Crippen LogP contribution is 1.90. The van der Waals surface area contributed by atoms with E-state index in [0.717, 1.165) is 0 Å². The Hall–Kier alpha value is -0.660. The Morgan fingerprint density at radius 3 is 2.00 bits per heavy atom. The molecule has 0 saturated carbocycles. The molecule has 0 unspecified atom stereocenters. The first-order valence-corrected chi connectivity index (χ1v) is 3.07. The van der Waals surface area contributed by atoms with Crippen molar-refractivity contribution < 1.29 is 4.39 Å². The van der Waals surface area contributed by atoms with Gasteiger partial charge in [-0.2, -0.15) is 0 Å². The van der Waals surface area contributed by atoms with Crippen LogP contribution in [0.1, 0.15) is 27.7 Å². The van der Waals surface area contributed by atoms with Gasteiger partial charge >= 0.3 is 0 Å². The van der Waals surface area contributed by atoms with Crippen molar-refractivity contribution in [3.05, 3.63) is 12.0 Å². The zero-order valence-corrected chi connectivity index (χ0v) is 6.48. The van der Waals surface area contributed by atoms with Crippen LogP contribution in [0.3, 0.4) is 0 Å². The fourth-order valence-corrected chi connectivity index (χ4v) is 0.177. The van der Waals surface area contributed by atoms with Crippen molar-refractivity contribution in [3.8, 4) is 0 Å². The lowest BCUT2D eigenvalue weighted by Crippen LogP contribution is -1.57. The molecular formula is C7H14FN. The van der Waals surface area contributed by atoms with E-state index >= 15 is 0 Å². The Morgan fingerprint density at radius 2 is 1.89 bits per heavy atom. The van der Waals surface area contributed by atoms with Crippen molar-refractivity contribution in [3.63, 3.8) is 0 Å². The Kier molecular flexibility index (Phi) is 12.9. The summed E-state index contributed by atoms with van der Waals surface area (Å²) in [6, 6.07) is 0. The van der Waals surface area contributed by atoms with Crippen molar-refractivity contribution in [1.29, 1.82) is 0 Å². The van der Waals surface area contributed by atoms with Gasteiger partial charge in [0.2, 0.25) is 0 Å². The lowest BCUT2D eigenvalue weighted by molar-refractivity contribution is 0.637. The Bertz CT molecular complexity index is 91.1. The summed E-state index contributed by atoms with van der Waals surface area (Å²) in [6.07, 6.45) is 2.70. The summed E-state index contributed by atoms with van der Waals surface area (Å²) in [5, 5.41) is 0. The number of hydrogen-bond acceptors (Lipinski definition) is 1. The van der Waals surface area contributed by atoms with E-state index in [1.165, 1.54) is 19.3 Å². The predicted molar refractivity (Wildman–Crippen MR) is 40.4 cm³/mol. The SMILES string of the molecule is CC.CC=N/C=C(\C)F. The lowest BCUT2D eigenvalue weighted by Gasteiger charge is -1.73. The lowest BCUT2D eigenvalue weighted by atomic mass is 10.6. The fraction of sp³-hybridized carbons (Fsp3) is 0.571. The fourth-order valence-electron chi connectivity index (χ4n) is 0.177. The highest BCUT2D eigenvalue weighted by atomic mass is 19.1. The van der Waals surface area contributed by atoms with Crippen LogP contribution in [0.25, 0.3) is 0 Å². The molecule has 1 nitrogen and oxygen atoms in total. The van der Waals surface area contributed by atoms with E-state index in [0.29, 0.717) is 0 Å². The second-order valence-electron chi connectivity index (χ2n) is 1.12. The maximum Gasteiger partial charge on any atom is 0.115 e. The first-order chi connectivity index (χ1) is 4.27. The van der Waals surface area contributed by atoms with Crippen LogP contribution in [0, 0.1) is 0 Å². The van der Waals surface area contributed by atoms with Gasteiger partial charge in [0.25, 0.3) is 0 Å². The van der Waals surface area contributed by atoms with E-state index in [-0.39, 0.29) is 5.83 Å². The maximum absolute atomic E-state index is 11.6. The van der Waals surface area contributed by atoms with E-state index < -0.39 is 0 Å². The molecule has 0 N–H and O–H groups in total. The molecule has 0 radical (unpaired) electrons. The van der Waals surface area contributed by atoms with Gasteiger partial charge in [0.1, 0.15) is 5.83 Å². The Balaban J connectivity index is 0. The summed E-state index contributed by atoms with van der Waals surface area (Å²) in [5.74, 6) is -0.266. The van der Waals surface area contributed by atoms with Crippen LogP contribution in [0.4, 0.5) is 4.39 Å². The van der Waals surface area contributed by atoms with Crippen LogP contribution in [-0.4, -0.2) is 6.21 Å². The zero-order chi connectivity index (χ0) is 7.70. The first-order valence-electron chi connectivity index (χ1n) is 3.07. The molecule has 0 rings (SSSR count). The van der Waals surface area contributed by atoms with Crippen molar-refractivity contribution >= 4 is 6.21 Å². The molecule has 9 heavy (non-hydrogen) atoms. The highest BCUT2D eigenvalue weighted by molar-refractivity contribution is 5.54.